The lowest BCUT2D eigenvalue weighted by Crippen LogP contribution is -2.24. The van der Waals surface area contributed by atoms with Crippen molar-refractivity contribution in [1.82, 2.24) is 9.13 Å². The minimum absolute atomic E-state index is 0.106. The smallest absolute Gasteiger partial charge is 0.328 e. The number of carbonyl (C=O) groups is 1. The zero-order valence-electron chi connectivity index (χ0n) is 15.2. The molecule has 6 nitrogen and oxygen atoms in total. The first kappa shape index (κ1) is 17.8. The standard InChI is InChI=1S/C20H23N3O3/c1-14(2)26-16-10-8-15(9-11-16)21-19(24)12-13-23-18-7-5-4-6-17(18)22(3)20(23)25/h4-11,14H,12-13H2,1-3H3,(H,21,24). The van der Waals surface area contributed by atoms with E-state index in [1.54, 1.807) is 28.3 Å². The number of hydrogen-bond donors (Lipinski definition) is 1. The molecule has 0 fully saturated rings. The van der Waals surface area contributed by atoms with Crippen molar-refractivity contribution >= 4 is 22.6 Å². The molecule has 26 heavy (non-hydrogen) atoms. The molecule has 0 aliphatic heterocycles. The Morgan fingerprint density at radius 3 is 2.38 bits per heavy atom. The number of aromatic nitrogens is 2. The lowest BCUT2D eigenvalue weighted by molar-refractivity contribution is -0.116. The van der Waals surface area contributed by atoms with Gasteiger partial charge in [0, 0.05) is 25.7 Å². The second-order valence-electron chi connectivity index (χ2n) is 6.47. The molecule has 0 aliphatic rings. The van der Waals surface area contributed by atoms with Crippen molar-refractivity contribution < 1.29 is 9.53 Å². The van der Waals surface area contributed by atoms with Crippen LogP contribution in [0.15, 0.2) is 53.3 Å². The molecule has 1 N–H and O–H groups in total. The average molecular weight is 353 g/mol. The molecule has 0 radical (unpaired) electrons. The molecule has 2 aromatic carbocycles. The quantitative estimate of drug-likeness (QED) is 0.740. The molecule has 0 aliphatic carbocycles. The van der Waals surface area contributed by atoms with Gasteiger partial charge in [-0.2, -0.15) is 0 Å². The molecule has 6 heteroatoms. The third-order valence-corrected chi connectivity index (χ3v) is 4.12. The number of carbonyl (C=O) groups excluding carboxylic acids is 1. The highest BCUT2D eigenvalue weighted by molar-refractivity contribution is 5.90. The highest BCUT2D eigenvalue weighted by Crippen LogP contribution is 2.17. The first-order valence-corrected chi connectivity index (χ1v) is 8.66. The van der Waals surface area contributed by atoms with Gasteiger partial charge in [-0.1, -0.05) is 12.1 Å². The number of ether oxygens (including phenoxy) is 1. The largest absolute Gasteiger partial charge is 0.491 e. The lowest BCUT2D eigenvalue weighted by atomic mass is 10.2. The molecule has 3 aromatic rings. The van der Waals surface area contributed by atoms with Crippen molar-refractivity contribution in [2.24, 2.45) is 7.05 Å². The number of amides is 1. The van der Waals surface area contributed by atoms with Gasteiger partial charge < -0.3 is 10.1 Å². The second-order valence-corrected chi connectivity index (χ2v) is 6.47. The fraction of sp³-hybridized carbons (Fsp3) is 0.300. The van der Waals surface area contributed by atoms with Crippen molar-refractivity contribution in [2.75, 3.05) is 5.32 Å². The summed E-state index contributed by atoms with van der Waals surface area (Å²) in [6.45, 7) is 4.26. The molecule has 1 heterocycles. The molecule has 1 amide bonds. The van der Waals surface area contributed by atoms with Crippen LogP contribution in [0.2, 0.25) is 0 Å². The van der Waals surface area contributed by atoms with Gasteiger partial charge in [0.2, 0.25) is 5.91 Å². The molecule has 0 spiro atoms. The van der Waals surface area contributed by atoms with Crippen LogP contribution in [0, 0.1) is 0 Å². The summed E-state index contributed by atoms with van der Waals surface area (Å²) in [5.41, 5.74) is 2.28. The van der Waals surface area contributed by atoms with Gasteiger partial charge in [0.15, 0.2) is 0 Å². The van der Waals surface area contributed by atoms with Crippen LogP contribution in [0.3, 0.4) is 0 Å². The third kappa shape index (κ3) is 3.79. The van der Waals surface area contributed by atoms with Gasteiger partial charge in [-0.25, -0.2) is 4.79 Å². The van der Waals surface area contributed by atoms with Crippen LogP contribution < -0.4 is 15.7 Å². The number of nitrogens with zero attached hydrogens (tertiary/aromatic N) is 2. The number of aryl methyl sites for hydroxylation is 2. The van der Waals surface area contributed by atoms with E-state index in [1.807, 2.05) is 50.2 Å². The summed E-state index contributed by atoms with van der Waals surface area (Å²) in [6.07, 6.45) is 0.326. The molecule has 0 bridgehead atoms. The Morgan fingerprint density at radius 1 is 1.08 bits per heavy atom. The summed E-state index contributed by atoms with van der Waals surface area (Å²) in [5, 5.41) is 2.85. The van der Waals surface area contributed by atoms with Gasteiger partial charge in [-0.3, -0.25) is 13.9 Å². The fourth-order valence-electron chi connectivity index (χ4n) is 2.91. The van der Waals surface area contributed by atoms with E-state index in [9.17, 15) is 9.59 Å². The van der Waals surface area contributed by atoms with Crippen LogP contribution in [0.25, 0.3) is 11.0 Å². The number of imidazole rings is 1. The van der Waals surface area contributed by atoms with Crippen LogP contribution in [0.5, 0.6) is 5.75 Å². The molecular weight excluding hydrogens is 330 g/mol. The average Bonchev–Trinajstić information content (AvgIpc) is 2.86. The summed E-state index contributed by atoms with van der Waals surface area (Å²) in [5.74, 6) is 0.627. The Hall–Kier alpha value is -3.02. The normalized spacial score (nSPS) is 11.1. The SMILES string of the molecule is CC(C)Oc1ccc(NC(=O)CCn2c(=O)n(C)c3ccccc32)cc1. The monoisotopic (exact) mass is 353 g/mol. The molecule has 0 saturated heterocycles. The highest BCUT2D eigenvalue weighted by Gasteiger charge is 2.11. The Morgan fingerprint density at radius 2 is 1.73 bits per heavy atom. The molecule has 1 aromatic heterocycles. The Bertz CT molecular complexity index is 968. The van der Waals surface area contributed by atoms with E-state index in [1.165, 1.54) is 0 Å². The van der Waals surface area contributed by atoms with Crippen LogP contribution in [-0.2, 0) is 18.4 Å². The zero-order valence-corrected chi connectivity index (χ0v) is 15.2. The predicted octanol–water partition coefficient (Wildman–Crippen LogP) is 3.16. The molecule has 0 saturated carbocycles. The highest BCUT2D eigenvalue weighted by atomic mass is 16.5. The van der Waals surface area contributed by atoms with Crippen LogP contribution in [0.4, 0.5) is 5.69 Å². The third-order valence-electron chi connectivity index (χ3n) is 4.12. The number of anilines is 1. The Kier molecular flexibility index (Phi) is 5.11. The first-order valence-electron chi connectivity index (χ1n) is 8.66. The minimum atomic E-state index is -0.137. The Labute approximate surface area is 152 Å². The van der Waals surface area contributed by atoms with Crippen LogP contribution in [0.1, 0.15) is 20.3 Å². The van der Waals surface area contributed by atoms with Crippen molar-refractivity contribution in [1.29, 1.82) is 0 Å². The zero-order chi connectivity index (χ0) is 18.7. The number of nitrogens with one attached hydrogen (secondary N) is 1. The molecule has 0 unspecified atom stereocenters. The molecular formula is C20H23N3O3. The van der Waals surface area contributed by atoms with Crippen molar-refractivity contribution in [2.45, 2.75) is 32.9 Å². The number of rotatable bonds is 6. The van der Waals surface area contributed by atoms with E-state index in [0.29, 0.717) is 12.2 Å². The topological polar surface area (TPSA) is 65.3 Å². The van der Waals surface area contributed by atoms with Crippen molar-refractivity contribution in [3.05, 3.63) is 59.0 Å². The van der Waals surface area contributed by atoms with E-state index in [0.717, 1.165) is 16.8 Å². The minimum Gasteiger partial charge on any atom is -0.491 e. The van der Waals surface area contributed by atoms with Gasteiger partial charge in [0.05, 0.1) is 17.1 Å². The number of fused-ring (bicyclic) bond motifs is 1. The van der Waals surface area contributed by atoms with Gasteiger partial charge in [-0.05, 0) is 50.2 Å². The van der Waals surface area contributed by atoms with Gasteiger partial charge in [-0.15, -0.1) is 0 Å². The van der Waals surface area contributed by atoms with E-state index in [4.69, 9.17) is 4.74 Å². The van der Waals surface area contributed by atoms with E-state index in [2.05, 4.69) is 5.32 Å². The van der Waals surface area contributed by atoms with Crippen molar-refractivity contribution in [3.63, 3.8) is 0 Å². The molecule has 3 rings (SSSR count). The maximum atomic E-state index is 12.4. The van der Waals surface area contributed by atoms with Crippen LogP contribution in [-0.4, -0.2) is 21.1 Å². The summed E-state index contributed by atoms with van der Waals surface area (Å²) in [7, 11) is 1.74. The van der Waals surface area contributed by atoms with Crippen LogP contribution >= 0.6 is 0 Å². The maximum Gasteiger partial charge on any atom is 0.328 e. The van der Waals surface area contributed by atoms with E-state index in [-0.39, 0.29) is 24.1 Å². The summed E-state index contributed by atoms with van der Waals surface area (Å²) < 4.78 is 8.81. The lowest BCUT2D eigenvalue weighted by Gasteiger charge is -2.10. The summed E-state index contributed by atoms with van der Waals surface area (Å²) in [6, 6.07) is 14.8. The van der Waals surface area contributed by atoms with Gasteiger partial charge >= 0.3 is 5.69 Å². The molecule has 0 atom stereocenters. The second kappa shape index (κ2) is 7.47. The van der Waals surface area contributed by atoms with E-state index >= 15 is 0 Å². The maximum absolute atomic E-state index is 12.4. The predicted molar refractivity (Wildman–Crippen MR) is 103 cm³/mol. The van der Waals surface area contributed by atoms with Crippen molar-refractivity contribution in [3.8, 4) is 5.75 Å². The first-order chi connectivity index (χ1) is 12.5. The molecule has 136 valence electrons. The Balaban J connectivity index is 1.65. The van der Waals surface area contributed by atoms with E-state index < -0.39 is 0 Å². The summed E-state index contributed by atoms with van der Waals surface area (Å²) in [4.78, 5) is 24.6. The van der Waals surface area contributed by atoms with Gasteiger partial charge in [0.1, 0.15) is 5.75 Å². The summed E-state index contributed by atoms with van der Waals surface area (Å²) >= 11 is 0. The number of para-hydroxylation sites is 2. The number of benzene rings is 2. The fourth-order valence-corrected chi connectivity index (χ4v) is 2.91. The van der Waals surface area contributed by atoms with Gasteiger partial charge in [0.25, 0.3) is 0 Å². The number of hydrogen-bond acceptors (Lipinski definition) is 3.